The van der Waals surface area contributed by atoms with Crippen molar-refractivity contribution in [2.24, 2.45) is 5.10 Å². The Balaban J connectivity index is 1.81. The van der Waals surface area contributed by atoms with Crippen LogP contribution < -0.4 is 14.9 Å². The molecule has 0 aliphatic heterocycles. The number of hydrogen-bond donors (Lipinski definition) is 1. The predicted molar refractivity (Wildman–Crippen MR) is 107 cm³/mol. The fourth-order valence-electron chi connectivity index (χ4n) is 2.29. The molecule has 6 heteroatoms. The normalized spacial score (nSPS) is 10.7. The van der Waals surface area contributed by atoms with Crippen molar-refractivity contribution in [3.05, 3.63) is 58.1 Å². The molecule has 26 heavy (non-hydrogen) atoms. The topological polar surface area (TPSA) is 59.9 Å². The molecule has 2 aromatic carbocycles. The monoisotopic (exact) mass is 418 g/mol. The fraction of sp³-hybridized carbons (Fsp3) is 0.300. The highest BCUT2D eigenvalue weighted by Crippen LogP contribution is 2.21. The molecule has 2 rings (SSSR count). The molecule has 0 atom stereocenters. The highest BCUT2D eigenvalue weighted by Gasteiger charge is 2.03. The van der Waals surface area contributed by atoms with Gasteiger partial charge in [-0.05, 0) is 48.7 Å². The Morgan fingerprint density at radius 3 is 2.69 bits per heavy atom. The van der Waals surface area contributed by atoms with Gasteiger partial charge in [-0.15, -0.1) is 0 Å². The molecular weight excluding hydrogens is 396 g/mol. The van der Waals surface area contributed by atoms with Gasteiger partial charge in [0.05, 0.1) is 13.3 Å². The van der Waals surface area contributed by atoms with Crippen molar-refractivity contribution in [1.82, 2.24) is 5.43 Å². The van der Waals surface area contributed by atoms with E-state index in [0.717, 1.165) is 16.5 Å². The minimum absolute atomic E-state index is 0.0960. The van der Waals surface area contributed by atoms with Crippen LogP contribution in [0.5, 0.6) is 11.5 Å². The number of unbranched alkanes of at least 4 members (excludes halogenated alkanes) is 1. The van der Waals surface area contributed by atoms with Gasteiger partial charge in [0, 0.05) is 10.0 Å². The summed E-state index contributed by atoms with van der Waals surface area (Å²) in [6, 6.07) is 13.4. The maximum atomic E-state index is 11.8. The zero-order chi connectivity index (χ0) is 18.8. The third kappa shape index (κ3) is 6.52. The number of halogens is 1. The lowest BCUT2D eigenvalue weighted by atomic mass is 10.1. The van der Waals surface area contributed by atoms with Crippen LogP contribution in [0.2, 0.25) is 0 Å². The van der Waals surface area contributed by atoms with Crippen molar-refractivity contribution < 1.29 is 14.3 Å². The van der Waals surface area contributed by atoms with Crippen LogP contribution in [0.1, 0.15) is 30.9 Å². The number of methoxy groups -OCH3 is 1. The standard InChI is InChI=1S/C20H23BrN2O3/c1-3-4-5-15-6-9-18(10-7-15)26-14-20(24)23-22-13-16-12-17(21)8-11-19(16)25-2/h6-13H,3-5,14H2,1-2H3,(H,23,24). The molecule has 138 valence electrons. The molecule has 0 spiro atoms. The van der Waals surface area contributed by atoms with E-state index in [9.17, 15) is 4.79 Å². The summed E-state index contributed by atoms with van der Waals surface area (Å²) in [6.07, 6.45) is 4.93. The number of ether oxygens (including phenoxy) is 2. The Morgan fingerprint density at radius 1 is 1.23 bits per heavy atom. The zero-order valence-electron chi connectivity index (χ0n) is 15.0. The zero-order valence-corrected chi connectivity index (χ0v) is 16.6. The van der Waals surface area contributed by atoms with Gasteiger partial charge in [0.25, 0.3) is 5.91 Å². The summed E-state index contributed by atoms with van der Waals surface area (Å²) in [5, 5.41) is 3.95. The molecule has 0 saturated carbocycles. The van der Waals surface area contributed by atoms with E-state index in [4.69, 9.17) is 9.47 Å². The van der Waals surface area contributed by atoms with Crippen LogP contribution in [0.3, 0.4) is 0 Å². The van der Waals surface area contributed by atoms with Crippen molar-refractivity contribution in [3.8, 4) is 11.5 Å². The Morgan fingerprint density at radius 2 is 2.00 bits per heavy atom. The minimum Gasteiger partial charge on any atom is -0.496 e. The van der Waals surface area contributed by atoms with E-state index in [1.165, 1.54) is 24.6 Å². The summed E-state index contributed by atoms with van der Waals surface area (Å²) in [4.78, 5) is 11.8. The Kier molecular flexibility index (Phi) is 8.15. The van der Waals surface area contributed by atoms with Gasteiger partial charge in [-0.3, -0.25) is 4.79 Å². The lowest BCUT2D eigenvalue weighted by molar-refractivity contribution is -0.123. The van der Waals surface area contributed by atoms with Crippen molar-refractivity contribution in [2.45, 2.75) is 26.2 Å². The number of hydrazone groups is 1. The van der Waals surface area contributed by atoms with Crippen LogP contribution in [0.25, 0.3) is 0 Å². The second-order valence-electron chi connectivity index (χ2n) is 5.72. The van der Waals surface area contributed by atoms with Gasteiger partial charge in [0.2, 0.25) is 0 Å². The molecule has 0 fully saturated rings. The summed E-state index contributed by atoms with van der Waals surface area (Å²) in [6.45, 7) is 2.08. The number of carbonyl (C=O) groups excluding carboxylic acids is 1. The second kappa shape index (κ2) is 10.6. The first kappa shape index (κ1) is 20.0. The lowest BCUT2D eigenvalue weighted by Crippen LogP contribution is -2.24. The quantitative estimate of drug-likeness (QED) is 0.486. The first-order valence-electron chi connectivity index (χ1n) is 8.49. The summed E-state index contributed by atoms with van der Waals surface area (Å²) in [7, 11) is 1.58. The SMILES string of the molecule is CCCCc1ccc(OCC(=O)NN=Cc2cc(Br)ccc2OC)cc1. The number of nitrogens with one attached hydrogen (secondary N) is 1. The maximum Gasteiger partial charge on any atom is 0.277 e. The van der Waals surface area contributed by atoms with Gasteiger partial charge in [-0.1, -0.05) is 41.4 Å². The van der Waals surface area contributed by atoms with Gasteiger partial charge < -0.3 is 9.47 Å². The average molecular weight is 419 g/mol. The van der Waals surface area contributed by atoms with Gasteiger partial charge in [0.15, 0.2) is 6.61 Å². The molecule has 0 unspecified atom stereocenters. The molecule has 0 radical (unpaired) electrons. The number of rotatable bonds is 9. The van der Waals surface area contributed by atoms with E-state index >= 15 is 0 Å². The lowest BCUT2D eigenvalue weighted by Gasteiger charge is -2.07. The van der Waals surface area contributed by atoms with Gasteiger partial charge in [-0.25, -0.2) is 5.43 Å². The Bertz CT molecular complexity index is 745. The number of aryl methyl sites for hydroxylation is 1. The number of hydrogen-bond acceptors (Lipinski definition) is 4. The maximum absolute atomic E-state index is 11.8. The molecule has 0 saturated heterocycles. The number of amides is 1. The molecule has 1 N–H and O–H groups in total. The predicted octanol–water partition coefficient (Wildman–Crippen LogP) is 4.33. The minimum atomic E-state index is -0.328. The number of benzene rings is 2. The number of nitrogens with zero attached hydrogens (tertiary/aromatic N) is 1. The third-order valence-electron chi connectivity index (χ3n) is 3.70. The largest absolute Gasteiger partial charge is 0.496 e. The summed E-state index contributed by atoms with van der Waals surface area (Å²) < 4.78 is 11.6. The molecule has 0 aliphatic rings. The Hall–Kier alpha value is -2.34. The summed E-state index contributed by atoms with van der Waals surface area (Å²) in [5.41, 5.74) is 4.48. The fourth-order valence-corrected chi connectivity index (χ4v) is 2.67. The Labute approximate surface area is 162 Å². The van der Waals surface area contributed by atoms with Crippen LogP contribution in [-0.4, -0.2) is 25.8 Å². The third-order valence-corrected chi connectivity index (χ3v) is 4.19. The van der Waals surface area contributed by atoms with Crippen LogP contribution in [0, 0.1) is 0 Å². The van der Waals surface area contributed by atoms with Crippen LogP contribution >= 0.6 is 15.9 Å². The van der Waals surface area contributed by atoms with E-state index in [-0.39, 0.29) is 12.5 Å². The van der Waals surface area contributed by atoms with Crippen molar-refractivity contribution in [3.63, 3.8) is 0 Å². The molecule has 5 nitrogen and oxygen atoms in total. The average Bonchev–Trinajstić information content (AvgIpc) is 2.66. The summed E-state index contributed by atoms with van der Waals surface area (Å²) >= 11 is 3.39. The molecule has 2 aromatic rings. The molecule has 0 heterocycles. The van der Waals surface area contributed by atoms with Crippen LogP contribution in [0.15, 0.2) is 52.0 Å². The van der Waals surface area contributed by atoms with E-state index in [1.807, 2.05) is 42.5 Å². The molecule has 0 aliphatic carbocycles. The molecule has 0 aromatic heterocycles. The van der Waals surface area contributed by atoms with E-state index in [2.05, 4.69) is 33.4 Å². The molecular formula is C20H23BrN2O3. The highest BCUT2D eigenvalue weighted by atomic mass is 79.9. The van der Waals surface area contributed by atoms with Crippen molar-refractivity contribution >= 4 is 28.1 Å². The van der Waals surface area contributed by atoms with Gasteiger partial charge in [0.1, 0.15) is 11.5 Å². The van der Waals surface area contributed by atoms with Crippen molar-refractivity contribution in [1.29, 1.82) is 0 Å². The molecule has 0 bridgehead atoms. The summed E-state index contributed by atoms with van der Waals surface area (Å²) in [5.74, 6) is 1.01. The van der Waals surface area contributed by atoms with E-state index in [1.54, 1.807) is 7.11 Å². The smallest absolute Gasteiger partial charge is 0.277 e. The van der Waals surface area contributed by atoms with Gasteiger partial charge >= 0.3 is 0 Å². The van der Waals surface area contributed by atoms with Crippen molar-refractivity contribution in [2.75, 3.05) is 13.7 Å². The van der Waals surface area contributed by atoms with E-state index < -0.39 is 0 Å². The van der Waals surface area contributed by atoms with Crippen LogP contribution in [-0.2, 0) is 11.2 Å². The first-order chi connectivity index (χ1) is 12.6. The number of carbonyl (C=O) groups is 1. The second-order valence-corrected chi connectivity index (χ2v) is 6.63. The molecule has 1 amide bonds. The van der Waals surface area contributed by atoms with Crippen LogP contribution in [0.4, 0.5) is 0 Å². The van der Waals surface area contributed by atoms with E-state index in [0.29, 0.717) is 11.5 Å². The van der Waals surface area contributed by atoms with Gasteiger partial charge in [-0.2, -0.15) is 5.10 Å². The highest BCUT2D eigenvalue weighted by molar-refractivity contribution is 9.10. The first-order valence-corrected chi connectivity index (χ1v) is 9.29.